The van der Waals surface area contributed by atoms with Gasteiger partial charge in [-0.15, -0.1) is 0 Å². The fourth-order valence-corrected chi connectivity index (χ4v) is 3.65. The summed E-state index contributed by atoms with van der Waals surface area (Å²) in [5.74, 6) is 1.29. The fourth-order valence-electron chi connectivity index (χ4n) is 2.69. The summed E-state index contributed by atoms with van der Waals surface area (Å²) in [6, 6.07) is 5.67. The van der Waals surface area contributed by atoms with Gasteiger partial charge in [-0.05, 0) is 42.6 Å². The van der Waals surface area contributed by atoms with E-state index in [0.29, 0.717) is 4.91 Å². The van der Waals surface area contributed by atoms with Crippen molar-refractivity contribution in [2.75, 3.05) is 40.0 Å². The molecule has 4 rings (SSSR count). The molecule has 0 unspecified atom stereocenters. The standard InChI is InChI=1S/C16H17N3O3S/c1-18-4-6-19(7-5-18)16-17-15(20)14(23-16)9-11-2-3-12-13(8-11)22-10-21-12/h2-3,8-9H,4-7,10H2,1H3. The van der Waals surface area contributed by atoms with Gasteiger partial charge >= 0.3 is 0 Å². The number of hydrogen-bond acceptors (Lipinski definition) is 6. The molecule has 1 aromatic carbocycles. The van der Waals surface area contributed by atoms with Crippen molar-refractivity contribution in [3.63, 3.8) is 0 Å². The Bertz CT molecular complexity index is 709. The lowest BCUT2D eigenvalue weighted by molar-refractivity contribution is -0.113. The van der Waals surface area contributed by atoms with Crippen LogP contribution < -0.4 is 9.47 Å². The van der Waals surface area contributed by atoms with Gasteiger partial charge in [-0.25, -0.2) is 0 Å². The van der Waals surface area contributed by atoms with Gasteiger partial charge in [0.25, 0.3) is 5.91 Å². The van der Waals surface area contributed by atoms with Gasteiger partial charge in [0.15, 0.2) is 16.7 Å². The predicted molar refractivity (Wildman–Crippen MR) is 89.6 cm³/mol. The van der Waals surface area contributed by atoms with Gasteiger partial charge in [-0.2, -0.15) is 4.99 Å². The van der Waals surface area contributed by atoms with Crippen LogP contribution in [0.2, 0.25) is 0 Å². The monoisotopic (exact) mass is 331 g/mol. The number of benzene rings is 1. The van der Waals surface area contributed by atoms with Crippen LogP contribution in [0.1, 0.15) is 5.56 Å². The Morgan fingerprint density at radius 1 is 1.17 bits per heavy atom. The van der Waals surface area contributed by atoms with E-state index < -0.39 is 0 Å². The van der Waals surface area contributed by atoms with Gasteiger partial charge in [0.2, 0.25) is 6.79 Å². The van der Waals surface area contributed by atoms with Crippen LogP contribution in [0.4, 0.5) is 0 Å². The van der Waals surface area contributed by atoms with E-state index in [2.05, 4.69) is 21.8 Å². The van der Waals surface area contributed by atoms with Gasteiger partial charge in [-0.3, -0.25) is 4.79 Å². The van der Waals surface area contributed by atoms with E-state index >= 15 is 0 Å². The first kappa shape index (κ1) is 14.6. The van der Waals surface area contributed by atoms with Gasteiger partial charge < -0.3 is 19.3 Å². The zero-order valence-corrected chi connectivity index (χ0v) is 13.6. The maximum atomic E-state index is 12.2. The molecular weight excluding hydrogens is 314 g/mol. The molecule has 3 aliphatic rings. The number of carbonyl (C=O) groups excluding carboxylic acids is 1. The van der Waals surface area contributed by atoms with Crippen LogP contribution >= 0.6 is 11.8 Å². The number of thioether (sulfide) groups is 1. The average Bonchev–Trinajstić information content (AvgIpc) is 3.15. The first-order valence-electron chi connectivity index (χ1n) is 7.55. The Kier molecular flexibility index (Phi) is 3.74. The summed E-state index contributed by atoms with van der Waals surface area (Å²) in [7, 11) is 2.11. The second kappa shape index (κ2) is 5.90. The maximum absolute atomic E-state index is 12.2. The summed E-state index contributed by atoms with van der Waals surface area (Å²) < 4.78 is 10.7. The highest BCUT2D eigenvalue weighted by Crippen LogP contribution is 2.35. The molecular formula is C16H17N3O3S. The van der Waals surface area contributed by atoms with E-state index in [-0.39, 0.29) is 12.7 Å². The molecule has 1 aromatic rings. The van der Waals surface area contributed by atoms with Crippen LogP contribution in [-0.2, 0) is 4.79 Å². The molecule has 0 radical (unpaired) electrons. The molecule has 0 aliphatic carbocycles. The summed E-state index contributed by atoms with van der Waals surface area (Å²) >= 11 is 1.45. The molecule has 1 amide bonds. The number of carbonyl (C=O) groups is 1. The summed E-state index contributed by atoms with van der Waals surface area (Å²) in [6.07, 6.45) is 1.86. The number of fused-ring (bicyclic) bond motifs is 1. The average molecular weight is 331 g/mol. The van der Waals surface area contributed by atoms with E-state index in [1.54, 1.807) is 0 Å². The SMILES string of the molecule is CN1CCN(C2=NC(=O)C(=Cc3ccc4c(c3)OCO4)S2)CC1. The van der Waals surface area contributed by atoms with Gasteiger partial charge in [0.05, 0.1) is 4.91 Å². The minimum absolute atomic E-state index is 0.165. The molecule has 0 bridgehead atoms. The molecule has 0 atom stereocenters. The first-order valence-corrected chi connectivity index (χ1v) is 8.36. The van der Waals surface area contributed by atoms with Gasteiger partial charge in [-0.1, -0.05) is 6.07 Å². The Labute approximate surface area is 138 Å². The van der Waals surface area contributed by atoms with Crippen molar-refractivity contribution in [1.29, 1.82) is 0 Å². The second-order valence-corrected chi connectivity index (χ2v) is 6.72. The highest BCUT2D eigenvalue weighted by atomic mass is 32.2. The Hall–Kier alpha value is -1.99. The van der Waals surface area contributed by atoms with Gasteiger partial charge in [0, 0.05) is 26.2 Å². The molecule has 0 aromatic heterocycles. The summed E-state index contributed by atoms with van der Waals surface area (Å²) in [6.45, 7) is 4.06. The highest BCUT2D eigenvalue weighted by molar-refractivity contribution is 8.18. The number of amides is 1. The van der Waals surface area contributed by atoms with E-state index in [0.717, 1.165) is 48.4 Å². The minimum Gasteiger partial charge on any atom is -0.454 e. The lowest BCUT2D eigenvalue weighted by atomic mass is 10.2. The molecule has 23 heavy (non-hydrogen) atoms. The van der Waals surface area contributed by atoms with Crippen molar-refractivity contribution in [3.05, 3.63) is 28.7 Å². The smallest absolute Gasteiger partial charge is 0.286 e. The van der Waals surface area contributed by atoms with Crippen LogP contribution in [-0.4, -0.2) is 60.9 Å². The topological polar surface area (TPSA) is 54.4 Å². The zero-order chi connectivity index (χ0) is 15.8. The van der Waals surface area contributed by atoms with Crippen molar-refractivity contribution in [2.45, 2.75) is 0 Å². The summed E-state index contributed by atoms with van der Waals surface area (Å²) in [4.78, 5) is 21.5. The van der Waals surface area contributed by atoms with Crippen molar-refractivity contribution >= 4 is 28.9 Å². The second-order valence-electron chi connectivity index (χ2n) is 5.71. The zero-order valence-electron chi connectivity index (χ0n) is 12.8. The van der Waals surface area contributed by atoms with Crippen LogP contribution in [0.3, 0.4) is 0 Å². The molecule has 0 N–H and O–H groups in total. The molecule has 7 heteroatoms. The minimum atomic E-state index is -0.165. The third-order valence-corrected chi connectivity index (χ3v) is 5.12. The molecule has 6 nitrogen and oxygen atoms in total. The Morgan fingerprint density at radius 2 is 1.96 bits per heavy atom. The number of rotatable bonds is 1. The number of hydrogen-bond donors (Lipinski definition) is 0. The lowest BCUT2D eigenvalue weighted by Gasteiger charge is -2.32. The van der Waals surface area contributed by atoms with Crippen molar-refractivity contribution in [2.24, 2.45) is 4.99 Å². The largest absolute Gasteiger partial charge is 0.454 e. The third-order valence-electron chi connectivity index (χ3n) is 4.08. The highest BCUT2D eigenvalue weighted by Gasteiger charge is 2.27. The summed E-state index contributed by atoms with van der Waals surface area (Å²) in [5.41, 5.74) is 0.917. The maximum Gasteiger partial charge on any atom is 0.286 e. The van der Waals surface area contributed by atoms with Crippen LogP contribution in [0.25, 0.3) is 6.08 Å². The van der Waals surface area contributed by atoms with Crippen LogP contribution in [0.15, 0.2) is 28.1 Å². The quantitative estimate of drug-likeness (QED) is 0.729. The number of amidine groups is 1. The molecule has 3 aliphatic heterocycles. The van der Waals surface area contributed by atoms with E-state index in [9.17, 15) is 4.79 Å². The van der Waals surface area contributed by atoms with Crippen LogP contribution in [0.5, 0.6) is 11.5 Å². The predicted octanol–water partition coefficient (Wildman–Crippen LogP) is 1.63. The van der Waals surface area contributed by atoms with Crippen molar-refractivity contribution < 1.29 is 14.3 Å². The normalized spacial score (nSPS) is 22.8. The molecule has 1 fully saturated rings. The van der Waals surface area contributed by atoms with Crippen molar-refractivity contribution in [1.82, 2.24) is 9.80 Å². The number of likely N-dealkylation sites (N-methyl/N-ethyl adjacent to an activating group) is 1. The first-order chi connectivity index (χ1) is 11.2. The molecule has 120 valence electrons. The van der Waals surface area contributed by atoms with E-state index in [1.165, 1.54) is 11.8 Å². The van der Waals surface area contributed by atoms with E-state index in [1.807, 2.05) is 24.3 Å². The number of piperazine rings is 1. The third kappa shape index (κ3) is 2.94. The Balaban J connectivity index is 1.49. The van der Waals surface area contributed by atoms with E-state index in [4.69, 9.17) is 9.47 Å². The number of aliphatic imine (C=N–C) groups is 1. The molecule has 1 saturated heterocycles. The Morgan fingerprint density at radius 3 is 2.78 bits per heavy atom. The van der Waals surface area contributed by atoms with Crippen LogP contribution in [0, 0.1) is 0 Å². The fraction of sp³-hybridized carbons (Fsp3) is 0.375. The number of nitrogens with zero attached hydrogens (tertiary/aromatic N) is 3. The lowest BCUT2D eigenvalue weighted by Crippen LogP contribution is -2.46. The molecule has 3 heterocycles. The summed E-state index contributed by atoms with van der Waals surface area (Å²) in [5, 5.41) is 0.815. The molecule has 0 saturated carbocycles. The van der Waals surface area contributed by atoms with Gasteiger partial charge in [0.1, 0.15) is 0 Å². The molecule has 0 spiro atoms. The number of ether oxygens (including phenoxy) is 2. The van der Waals surface area contributed by atoms with Crippen molar-refractivity contribution in [3.8, 4) is 11.5 Å².